The number of carboxylic acids is 1. The first-order valence-electron chi connectivity index (χ1n) is 12.5. The van der Waals surface area contributed by atoms with Gasteiger partial charge in [-0.25, -0.2) is 4.79 Å². The maximum absolute atomic E-state index is 13.5. The van der Waals surface area contributed by atoms with Gasteiger partial charge in [0.05, 0.1) is 6.04 Å². The van der Waals surface area contributed by atoms with Gasteiger partial charge >= 0.3 is 5.97 Å². The van der Waals surface area contributed by atoms with Gasteiger partial charge in [0.15, 0.2) is 0 Å². The summed E-state index contributed by atoms with van der Waals surface area (Å²) in [5.41, 5.74) is 7.52. The van der Waals surface area contributed by atoms with Crippen LogP contribution in [0, 0.1) is 11.8 Å². The quantitative estimate of drug-likeness (QED) is 0.182. The Morgan fingerprint density at radius 2 is 1.62 bits per heavy atom. The third kappa shape index (κ3) is 8.50. The van der Waals surface area contributed by atoms with Gasteiger partial charge in [-0.15, -0.1) is 0 Å². The van der Waals surface area contributed by atoms with E-state index in [0.717, 1.165) is 16.5 Å². The number of aliphatic carboxylic acids is 1. The van der Waals surface area contributed by atoms with Crippen LogP contribution in [0.1, 0.15) is 46.1 Å². The number of aromatic amines is 1. The lowest BCUT2D eigenvalue weighted by atomic mass is 9.97. The minimum atomic E-state index is -1.14. The van der Waals surface area contributed by atoms with Gasteiger partial charge in [-0.05, 0) is 29.9 Å². The number of nitrogens with two attached hydrogens (primary N) is 1. The normalized spacial score (nSPS) is 15.4. The van der Waals surface area contributed by atoms with Crippen LogP contribution in [0.3, 0.4) is 0 Å². The zero-order valence-electron chi connectivity index (χ0n) is 21.8. The van der Waals surface area contributed by atoms with Crippen molar-refractivity contribution in [3.8, 4) is 0 Å². The third-order valence-electron chi connectivity index (χ3n) is 6.38. The second kappa shape index (κ2) is 14.0. The van der Waals surface area contributed by atoms with Gasteiger partial charge in [0.1, 0.15) is 18.1 Å². The molecule has 0 spiro atoms. The topological polar surface area (TPSA) is 166 Å². The average Bonchev–Trinajstić information content (AvgIpc) is 3.27. The third-order valence-corrected chi connectivity index (χ3v) is 6.78. The molecule has 11 heteroatoms. The molecule has 3 amide bonds. The molecule has 0 aliphatic carbocycles. The standard InChI is InChI=1S/C26H39N5O5S/c1-5-15(4)22(26(35)36)31-25(34)20(10-14(2)3)30-24(33)21(29-23(32)18(27)13-37)11-16-12-28-19-9-7-6-8-17(16)19/h6-9,12,14-15,18,20-22,28,37H,5,10-11,13,27H2,1-4H3,(H,29,32)(H,30,33)(H,31,34)(H,35,36). The van der Waals surface area contributed by atoms with Crippen molar-refractivity contribution in [1.29, 1.82) is 0 Å². The Morgan fingerprint density at radius 1 is 1.00 bits per heavy atom. The predicted molar refractivity (Wildman–Crippen MR) is 146 cm³/mol. The van der Waals surface area contributed by atoms with Crippen molar-refractivity contribution in [2.75, 3.05) is 5.75 Å². The van der Waals surface area contributed by atoms with Crippen molar-refractivity contribution in [3.05, 3.63) is 36.0 Å². The van der Waals surface area contributed by atoms with Crippen LogP contribution < -0.4 is 21.7 Å². The van der Waals surface area contributed by atoms with Crippen molar-refractivity contribution < 1.29 is 24.3 Å². The predicted octanol–water partition coefficient (Wildman–Crippen LogP) is 1.60. The lowest BCUT2D eigenvalue weighted by Gasteiger charge is -2.27. The summed E-state index contributed by atoms with van der Waals surface area (Å²) in [4.78, 5) is 54.1. The molecule has 204 valence electrons. The molecule has 1 heterocycles. The van der Waals surface area contributed by atoms with Gasteiger partial charge in [0.25, 0.3) is 0 Å². The molecule has 1 aromatic heterocycles. The van der Waals surface area contributed by atoms with Crippen LogP contribution in [0.2, 0.25) is 0 Å². The number of rotatable bonds is 14. The van der Waals surface area contributed by atoms with Crippen molar-refractivity contribution in [2.24, 2.45) is 17.6 Å². The molecule has 0 fully saturated rings. The Labute approximate surface area is 222 Å². The van der Waals surface area contributed by atoms with E-state index in [0.29, 0.717) is 6.42 Å². The molecular weight excluding hydrogens is 494 g/mol. The number of carbonyl (C=O) groups excluding carboxylic acids is 3. The van der Waals surface area contributed by atoms with Crippen LogP contribution >= 0.6 is 12.6 Å². The molecule has 1 aromatic carbocycles. The molecule has 10 nitrogen and oxygen atoms in total. The molecule has 0 saturated heterocycles. The smallest absolute Gasteiger partial charge is 0.326 e. The molecule has 0 aliphatic heterocycles. The Bertz CT molecular complexity index is 1090. The highest BCUT2D eigenvalue weighted by Crippen LogP contribution is 2.19. The highest BCUT2D eigenvalue weighted by Gasteiger charge is 2.32. The van der Waals surface area contributed by atoms with Gasteiger partial charge in [0, 0.05) is 29.3 Å². The molecule has 0 saturated carbocycles. The van der Waals surface area contributed by atoms with E-state index in [9.17, 15) is 24.3 Å². The second-order valence-corrected chi connectivity index (χ2v) is 10.2. The van der Waals surface area contributed by atoms with Gasteiger partial charge in [-0.1, -0.05) is 52.3 Å². The molecule has 0 radical (unpaired) electrons. The molecule has 2 aromatic rings. The van der Waals surface area contributed by atoms with E-state index < -0.39 is 47.9 Å². The molecule has 37 heavy (non-hydrogen) atoms. The van der Waals surface area contributed by atoms with Crippen LogP contribution in [0.15, 0.2) is 30.5 Å². The molecule has 2 rings (SSSR count). The first-order valence-corrected chi connectivity index (χ1v) is 13.2. The lowest BCUT2D eigenvalue weighted by molar-refractivity contribution is -0.144. The average molecular weight is 534 g/mol. The number of fused-ring (bicyclic) bond motifs is 1. The summed E-state index contributed by atoms with van der Waals surface area (Å²) >= 11 is 4.07. The Morgan fingerprint density at radius 3 is 2.22 bits per heavy atom. The summed E-state index contributed by atoms with van der Waals surface area (Å²) < 4.78 is 0. The van der Waals surface area contributed by atoms with Gasteiger partial charge in [-0.3, -0.25) is 14.4 Å². The molecule has 5 atom stereocenters. The SMILES string of the molecule is CCC(C)C(NC(=O)C(CC(C)C)NC(=O)C(Cc1c[nH]c2ccccc12)NC(=O)C(N)CS)C(=O)O. The summed E-state index contributed by atoms with van der Waals surface area (Å²) in [5.74, 6) is -3.00. The summed E-state index contributed by atoms with van der Waals surface area (Å²) in [6.07, 6.45) is 2.77. The fourth-order valence-corrected chi connectivity index (χ4v) is 4.17. The maximum atomic E-state index is 13.5. The highest BCUT2D eigenvalue weighted by atomic mass is 32.1. The van der Waals surface area contributed by atoms with E-state index in [4.69, 9.17) is 5.73 Å². The first-order chi connectivity index (χ1) is 17.5. The number of carbonyl (C=O) groups is 4. The van der Waals surface area contributed by atoms with Crippen LogP contribution in [-0.2, 0) is 25.6 Å². The van der Waals surface area contributed by atoms with E-state index in [2.05, 4.69) is 33.6 Å². The number of amides is 3. The molecule has 0 bridgehead atoms. The number of nitrogens with one attached hydrogen (secondary N) is 4. The molecular formula is C26H39N5O5S. The van der Waals surface area contributed by atoms with E-state index in [1.54, 1.807) is 13.1 Å². The number of carboxylic acid groups (broad SMARTS) is 1. The van der Waals surface area contributed by atoms with E-state index in [1.165, 1.54) is 0 Å². The van der Waals surface area contributed by atoms with Crippen molar-refractivity contribution in [3.63, 3.8) is 0 Å². The minimum Gasteiger partial charge on any atom is -0.480 e. The number of para-hydroxylation sites is 1. The Kier molecular flexibility index (Phi) is 11.4. The van der Waals surface area contributed by atoms with Crippen LogP contribution in [0.25, 0.3) is 10.9 Å². The summed E-state index contributed by atoms with van der Waals surface area (Å²) in [6, 6.07) is 3.57. The zero-order chi connectivity index (χ0) is 27.7. The van der Waals surface area contributed by atoms with Crippen LogP contribution in [0.5, 0.6) is 0 Å². The summed E-state index contributed by atoms with van der Waals surface area (Å²) in [7, 11) is 0. The minimum absolute atomic E-state index is 0.0298. The van der Waals surface area contributed by atoms with Gasteiger partial charge in [-0.2, -0.15) is 12.6 Å². The Balaban J connectivity index is 2.30. The summed E-state index contributed by atoms with van der Waals surface area (Å²) in [6.45, 7) is 7.37. The molecule has 0 aliphatic rings. The number of H-pyrrole nitrogens is 1. The zero-order valence-corrected chi connectivity index (χ0v) is 22.7. The van der Waals surface area contributed by atoms with Crippen LogP contribution in [0.4, 0.5) is 0 Å². The fraction of sp³-hybridized carbons (Fsp3) is 0.538. The Hall–Kier alpha value is -3.05. The van der Waals surface area contributed by atoms with Gasteiger partial charge < -0.3 is 31.8 Å². The summed E-state index contributed by atoms with van der Waals surface area (Å²) in [5, 5.41) is 18.5. The maximum Gasteiger partial charge on any atom is 0.326 e. The lowest BCUT2D eigenvalue weighted by Crippen LogP contribution is -2.58. The highest BCUT2D eigenvalue weighted by molar-refractivity contribution is 7.80. The van der Waals surface area contributed by atoms with E-state index >= 15 is 0 Å². The number of hydrogen-bond acceptors (Lipinski definition) is 6. The number of aromatic nitrogens is 1. The number of benzene rings is 1. The molecule has 7 N–H and O–H groups in total. The molecule has 5 unspecified atom stereocenters. The number of thiol groups is 1. The number of hydrogen-bond donors (Lipinski definition) is 7. The second-order valence-electron chi connectivity index (χ2n) is 9.81. The fourth-order valence-electron chi connectivity index (χ4n) is 4.00. The van der Waals surface area contributed by atoms with Crippen molar-refractivity contribution in [2.45, 2.75) is 71.1 Å². The van der Waals surface area contributed by atoms with E-state index in [1.807, 2.05) is 45.0 Å². The van der Waals surface area contributed by atoms with Gasteiger partial charge in [0.2, 0.25) is 17.7 Å². The van der Waals surface area contributed by atoms with Crippen molar-refractivity contribution in [1.82, 2.24) is 20.9 Å². The van der Waals surface area contributed by atoms with E-state index in [-0.39, 0.29) is 30.4 Å². The van der Waals surface area contributed by atoms with Crippen molar-refractivity contribution >= 4 is 47.2 Å². The van der Waals surface area contributed by atoms with Crippen LogP contribution in [-0.4, -0.2) is 63.7 Å². The first kappa shape index (κ1) is 30.2. The largest absolute Gasteiger partial charge is 0.480 e. The monoisotopic (exact) mass is 533 g/mol.